The zero-order valence-electron chi connectivity index (χ0n) is 10.9. The summed E-state index contributed by atoms with van der Waals surface area (Å²) in [5.74, 6) is 0. The van der Waals surface area contributed by atoms with E-state index in [1.165, 1.54) is 62.7 Å². The van der Waals surface area contributed by atoms with E-state index in [4.69, 9.17) is 0 Å². The van der Waals surface area contributed by atoms with E-state index in [-0.39, 0.29) is 0 Å². The van der Waals surface area contributed by atoms with Gasteiger partial charge in [0.05, 0.1) is 0 Å². The van der Waals surface area contributed by atoms with Crippen molar-refractivity contribution in [3.05, 3.63) is 29.3 Å². The van der Waals surface area contributed by atoms with E-state index in [0.29, 0.717) is 0 Å². The molecule has 0 spiro atoms. The highest BCUT2D eigenvalue weighted by atomic mass is 15.2. The molecule has 0 unspecified atom stereocenters. The predicted octanol–water partition coefficient (Wildman–Crippen LogP) is 4.08. The van der Waals surface area contributed by atoms with Crippen molar-refractivity contribution in [3.8, 4) is 0 Å². The lowest BCUT2D eigenvalue weighted by Crippen LogP contribution is -2.40. The third-order valence-corrected chi connectivity index (χ3v) is 4.41. The first-order valence-corrected chi connectivity index (χ1v) is 7.21. The van der Waals surface area contributed by atoms with Crippen molar-refractivity contribution >= 4 is 5.69 Å². The summed E-state index contributed by atoms with van der Waals surface area (Å²) in [5, 5.41) is 0. The van der Waals surface area contributed by atoms with Crippen molar-refractivity contribution in [1.29, 1.82) is 0 Å². The molecule has 1 nitrogen and oxygen atoms in total. The monoisotopic (exact) mass is 229 g/mol. The predicted molar refractivity (Wildman–Crippen MR) is 73.7 cm³/mol. The van der Waals surface area contributed by atoms with Crippen LogP contribution in [0, 0.1) is 6.92 Å². The lowest BCUT2D eigenvalue weighted by Gasteiger charge is -2.40. The minimum Gasteiger partial charge on any atom is -0.368 e. The number of aryl methyl sites for hydroxylation is 2. The highest BCUT2D eigenvalue weighted by Gasteiger charge is 2.25. The Morgan fingerprint density at radius 1 is 1.06 bits per heavy atom. The van der Waals surface area contributed by atoms with Crippen LogP contribution in [0.3, 0.4) is 0 Å². The van der Waals surface area contributed by atoms with Gasteiger partial charge in [0.15, 0.2) is 0 Å². The summed E-state index contributed by atoms with van der Waals surface area (Å²) in [7, 11) is 0. The van der Waals surface area contributed by atoms with E-state index in [9.17, 15) is 0 Å². The van der Waals surface area contributed by atoms with Gasteiger partial charge in [-0.15, -0.1) is 0 Å². The first-order chi connectivity index (χ1) is 8.34. The van der Waals surface area contributed by atoms with Gasteiger partial charge in [0.2, 0.25) is 0 Å². The summed E-state index contributed by atoms with van der Waals surface area (Å²) in [6.07, 6.45) is 9.75. The van der Waals surface area contributed by atoms with Crippen LogP contribution < -0.4 is 4.90 Å². The number of anilines is 1. The fraction of sp³-hybridized carbons (Fsp3) is 0.625. The fourth-order valence-electron chi connectivity index (χ4n) is 3.53. The molecule has 0 bridgehead atoms. The van der Waals surface area contributed by atoms with Crippen LogP contribution in [0.25, 0.3) is 0 Å². The first kappa shape index (κ1) is 11.1. The quantitative estimate of drug-likeness (QED) is 0.701. The Morgan fingerprint density at radius 3 is 2.71 bits per heavy atom. The lowest BCUT2D eigenvalue weighted by atomic mass is 9.91. The van der Waals surface area contributed by atoms with Crippen LogP contribution in [-0.4, -0.2) is 12.6 Å². The number of benzene rings is 1. The first-order valence-electron chi connectivity index (χ1n) is 7.21. The number of fused-ring (bicyclic) bond motifs is 1. The molecule has 0 amide bonds. The average Bonchev–Trinajstić information content (AvgIpc) is 2.39. The summed E-state index contributed by atoms with van der Waals surface area (Å²) >= 11 is 0. The molecule has 1 heteroatoms. The number of nitrogens with zero attached hydrogens (tertiary/aromatic N) is 1. The Morgan fingerprint density at radius 2 is 1.88 bits per heavy atom. The minimum atomic E-state index is 0.825. The molecule has 3 rings (SSSR count). The van der Waals surface area contributed by atoms with Crippen LogP contribution in [0.2, 0.25) is 0 Å². The molecule has 2 aliphatic rings. The smallest absolute Gasteiger partial charge is 0.0401 e. The molecule has 0 saturated heterocycles. The molecule has 0 aromatic heterocycles. The van der Waals surface area contributed by atoms with E-state index >= 15 is 0 Å². The second-order valence-corrected chi connectivity index (χ2v) is 5.72. The van der Waals surface area contributed by atoms with E-state index in [1.54, 1.807) is 5.56 Å². The summed E-state index contributed by atoms with van der Waals surface area (Å²) < 4.78 is 0. The molecule has 92 valence electrons. The zero-order valence-corrected chi connectivity index (χ0v) is 10.9. The molecule has 1 aliphatic heterocycles. The van der Waals surface area contributed by atoms with Gasteiger partial charge in [0.25, 0.3) is 0 Å². The number of hydrogen-bond donors (Lipinski definition) is 0. The van der Waals surface area contributed by atoms with Gasteiger partial charge in [-0.2, -0.15) is 0 Å². The SMILES string of the molecule is Cc1ccc2c(c1)CCCN2C1CCCCC1. The molecular weight excluding hydrogens is 206 g/mol. The Hall–Kier alpha value is -0.980. The highest BCUT2D eigenvalue weighted by molar-refractivity contribution is 5.57. The van der Waals surface area contributed by atoms with Crippen LogP contribution in [0.15, 0.2) is 18.2 Å². The Balaban J connectivity index is 1.88. The van der Waals surface area contributed by atoms with Crippen molar-refractivity contribution in [2.75, 3.05) is 11.4 Å². The maximum atomic E-state index is 2.71. The van der Waals surface area contributed by atoms with Gasteiger partial charge in [-0.3, -0.25) is 0 Å². The average molecular weight is 229 g/mol. The van der Waals surface area contributed by atoms with E-state index in [1.807, 2.05) is 0 Å². The maximum Gasteiger partial charge on any atom is 0.0401 e. The van der Waals surface area contributed by atoms with Crippen molar-refractivity contribution in [2.45, 2.75) is 57.9 Å². The van der Waals surface area contributed by atoms with Crippen molar-refractivity contribution in [3.63, 3.8) is 0 Å². The standard InChI is InChI=1S/C16H23N/c1-13-9-10-16-14(12-13)6-5-11-17(16)15-7-3-2-4-8-15/h9-10,12,15H,2-8,11H2,1H3. The summed E-state index contributed by atoms with van der Waals surface area (Å²) in [6.45, 7) is 3.49. The number of hydrogen-bond acceptors (Lipinski definition) is 1. The van der Waals surface area contributed by atoms with Gasteiger partial charge in [0.1, 0.15) is 0 Å². The zero-order chi connectivity index (χ0) is 11.7. The molecule has 1 saturated carbocycles. The minimum absolute atomic E-state index is 0.825. The largest absolute Gasteiger partial charge is 0.368 e. The van der Waals surface area contributed by atoms with E-state index < -0.39 is 0 Å². The third kappa shape index (κ3) is 2.20. The molecule has 1 fully saturated rings. The molecule has 1 heterocycles. The number of rotatable bonds is 1. The molecule has 0 atom stereocenters. The molecule has 1 aromatic carbocycles. The summed E-state index contributed by atoms with van der Waals surface area (Å²) in [6, 6.07) is 7.86. The van der Waals surface area contributed by atoms with Gasteiger partial charge in [-0.25, -0.2) is 0 Å². The maximum absolute atomic E-state index is 2.71. The van der Waals surface area contributed by atoms with Gasteiger partial charge in [-0.05, 0) is 44.2 Å². The van der Waals surface area contributed by atoms with Crippen LogP contribution >= 0.6 is 0 Å². The highest BCUT2D eigenvalue weighted by Crippen LogP contribution is 2.33. The second kappa shape index (κ2) is 4.72. The lowest BCUT2D eigenvalue weighted by molar-refractivity contribution is 0.408. The van der Waals surface area contributed by atoms with Gasteiger partial charge in [0, 0.05) is 18.3 Å². The van der Waals surface area contributed by atoms with E-state index in [0.717, 1.165) is 6.04 Å². The molecule has 17 heavy (non-hydrogen) atoms. The molecule has 0 N–H and O–H groups in total. The van der Waals surface area contributed by atoms with Crippen LogP contribution in [0.5, 0.6) is 0 Å². The van der Waals surface area contributed by atoms with Crippen molar-refractivity contribution in [1.82, 2.24) is 0 Å². The van der Waals surface area contributed by atoms with E-state index in [2.05, 4.69) is 30.0 Å². The normalized spacial score (nSPS) is 21.4. The summed E-state index contributed by atoms with van der Waals surface area (Å²) in [5.41, 5.74) is 4.53. The Bertz CT molecular complexity index is 391. The van der Waals surface area contributed by atoms with Crippen LogP contribution in [0.4, 0.5) is 5.69 Å². The second-order valence-electron chi connectivity index (χ2n) is 5.72. The van der Waals surface area contributed by atoms with Crippen LogP contribution in [-0.2, 0) is 6.42 Å². The molecule has 1 aliphatic carbocycles. The Kier molecular flexibility index (Phi) is 3.09. The third-order valence-electron chi connectivity index (χ3n) is 4.41. The molecule has 0 radical (unpaired) electrons. The van der Waals surface area contributed by atoms with Crippen molar-refractivity contribution in [2.24, 2.45) is 0 Å². The van der Waals surface area contributed by atoms with Gasteiger partial charge >= 0.3 is 0 Å². The topological polar surface area (TPSA) is 3.24 Å². The van der Waals surface area contributed by atoms with Gasteiger partial charge < -0.3 is 4.90 Å². The molecular formula is C16H23N. The fourth-order valence-corrected chi connectivity index (χ4v) is 3.53. The van der Waals surface area contributed by atoms with Crippen molar-refractivity contribution < 1.29 is 0 Å². The van der Waals surface area contributed by atoms with Gasteiger partial charge in [-0.1, -0.05) is 37.0 Å². The molecule has 1 aromatic rings. The summed E-state index contributed by atoms with van der Waals surface area (Å²) in [4.78, 5) is 2.71. The van der Waals surface area contributed by atoms with Crippen LogP contribution in [0.1, 0.15) is 49.7 Å². The Labute approximate surface area is 105 Å².